The molecule has 0 bridgehead atoms. The van der Waals surface area contributed by atoms with Crippen LogP contribution in [0, 0.1) is 0 Å². The van der Waals surface area contributed by atoms with E-state index in [-0.39, 0.29) is 23.1 Å². The van der Waals surface area contributed by atoms with Crippen molar-refractivity contribution in [3.8, 4) is 0 Å². The third-order valence-corrected chi connectivity index (χ3v) is 3.61. The smallest absolute Gasteiger partial charge is 0.410 e. The van der Waals surface area contributed by atoms with Crippen LogP contribution in [0.1, 0.15) is 38.9 Å². The van der Waals surface area contributed by atoms with E-state index in [1.54, 1.807) is 11.1 Å². The van der Waals surface area contributed by atoms with E-state index < -0.39 is 5.60 Å². The zero-order valence-corrected chi connectivity index (χ0v) is 13.4. The van der Waals surface area contributed by atoms with Gasteiger partial charge in [-0.1, -0.05) is 0 Å². The first kappa shape index (κ1) is 15.4. The summed E-state index contributed by atoms with van der Waals surface area (Å²) in [6, 6.07) is 0. The molecular weight excluding hydrogens is 298 g/mol. The summed E-state index contributed by atoms with van der Waals surface area (Å²) in [6.07, 6.45) is 3.28. The summed E-state index contributed by atoms with van der Waals surface area (Å²) in [4.78, 5) is 40.7. The summed E-state index contributed by atoms with van der Waals surface area (Å²) in [5.74, 6) is 0.550. The maximum Gasteiger partial charge on any atom is 0.410 e. The van der Waals surface area contributed by atoms with E-state index >= 15 is 0 Å². The van der Waals surface area contributed by atoms with Crippen molar-refractivity contribution >= 4 is 17.1 Å². The van der Waals surface area contributed by atoms with Crippen molar-refractivity contribution in [1.82, 2.24) is 24.8 Å². The molecule has 1 atom stereocenters. The summed E-state index contributed by atoms with van der Waals surface area (Å²) in [5.41, 5.74) is -0.0820. The molecule has 1 aliphatic heterocycles. The standard InChI is InChI=1S/C15H19N5O3/c1-15(2,3)23-14(22)20-5-4-9(7-20)12-16-6-10-11(19-12)13(21)18-8-17-10/h6,8-9H,4-5,7H2,1-3H3,(H,17,18,21). The van der Waals surface area contributed by atoms with Gasteiger partial charge in [-0.15, -0.1) is 0 Å². The molecule has 122 valence electrons. The van der Waals surface area contributed by atoms with Gasteiger partial charge in [0.25, 0.3) is 5.56 Å². The molecule has 3 heterocycles. The molecule has 1 unspecified atom stereocenters. The number of fused-ring (bicyclic) bond motifs is 1. The molecule has 2 aromatic rings. The Balaban J connectivity index is 1.78. The number of amides is 1. The summed E-state index contributed by atoms with van der Waals surface area (Å²) < 4.78 is 5.38. The lowest BCUT2D eigenvalue weighted by Gasteiger charge is -2.24. The van der Waals surface area contributed by atoms with Crippen LogP contribution >= 0.6 is 0 Å². The Morgan fingerprint density at radius 3 is 2.91 bits per heavy atom. The largest absolute Gasteiger partial charge is 0.444 e. The molecule has 1 amide bonds. The number of nitrogens with one attached hydrogen (secondary N) is 1. The first-order valence-electron chi connectivity index (χ1n) is 7.52. The highest BCUT2D eigenvalue weighted by atomic mass is 16.6. The number of ether oxygens (including phenoxy) is 1. The highest BCUT2D eigenvalue weighted by Crippen LogP contribution is 2.26. The van der Waals surface area contributed by atoms with Gasteiger partial charge in [0, 0.05) is 19.0 Å². The molecule has 0 radical (unpaired) electrons. The quantitative estimate of drug-likeness (QED) is 0.854. The lowest BCUT2D eigenvalue weighted by molar-refractivity contribution is 0.0292. The molecule has 23 heavy (non-hydrogen) atoms. The average molecular weight is 317 g/mol. The fourth-order valence-corrected chi connectivity index (χ4v) is 2.54. The van der Waals surface area contributed by atoms with Crippen molar-refractivity contribution < 1.29 is 9.53 Å². The number of aromatic nitrogens is 4. The van der Waals surface area contributed by atoms with Gasteiger partial charge >= 0.3 is 6.09 Å². The van der Waals surface area contributed by atoms with Crippen LogP contribution in [0.15, 0.2) is 17.3 Å². The third-order valence-electron chi connectivity index (χ3n) is 3.61. The number of rotatable bonds is 1. The van der Waals surface area contributed by atoms with Crippen LogP contribution in [0.2, 0.25) is 0 Å². The van der Waals surface area contributed by atoms with Crippen LogP contribution in [0.4, 0.5) is 4.79 Å². The Bertz CT molecular complexity index is 796. The van der Waals surface area contributed by atoms with Gasteiger partial charge in [-0.2, -0.15) is 0 Å². The molecule has 0 aliphatic carbocycles. The second-order valence-corrected chi connectivity index (χ2v) is 6.61. The fraction of sp³-hybridized carbons (Fsp3) is 0.533. The summed E-state index contributed by atoms with van der Waals surface area (Å²) in [7, 11) is 0. The van der Waals surface area contributed by atoms with Crippen molar-refractivity contribution in [2.24, 2.45) is 0 Å². The van der Waals surface area contributed by atoms with Gasteiger partial charge in [0.15, 0.2) is 5.52 Å². The average Bonchev–Trinajstić information content (AvgIpc) is 2.95. The van der Waals surface area contributed by atoms with Gasteiger partial charge in [0.05, 0.1) is 12.5 Å². The van der Waals surface area contributed by atoms with E-state index in [4.69, 9.17) is 4.74 Å². The van der Waals surface area contributed by atoms with Gasteiger partial charge in [-0.25, -0.2) is 19.7 Å². The minimum atomic E-state index is -0.520. The maximum absolute atomic E-state index is 12.1. The van der Waals surface area contributed by atoms with Gasteiger partial charge in [-0.05, 0) is 27.2 Å². The molecule has 0 spiro atoms. The summed E-state index contributed by atoms with van der Waals surface area (Å²) in [6.45, 7) is 6.58. The molecule has 1 saturated heterocycles. The molecule has 1 aliphatic rings. The zero-order chi connectivity index (χ0) is 16.6. The van der Waals surface area contributed by atoms with E-state index in [0.29, 0.717) is 24.4 Å². The van der Waals surface area contributed by atoms with Crippen molar-refractivity contribution in [3.05, 3.63) is 28.7 Å². The van der Waals surface area contributed by atoms with Gasteiger partial charge < -0.3 is 14.6 Å². The number of carbonyl (C=O) groups excluding carboxylic acids is 1. The summed E-state index contributed by atoms with van der Waals surface area (Å²) in [5, 5.41) is 0. The monoisotopic (exact) mass is 317 g/mol. The highest BCUT2D eigenvalue weighted by Gasteiger charge is 2.32. The van der Waals surface area contributed by atoms with Crippen LogP contribution in [-0.4, -0.2) is 49.6 Å². The fourth-order valence-electron chi connectivity index (χ4n) is 2.54. The van der Waals surface area contributed by atoms with Crippen LogP contribution in [0.5, 0.6) is 0 Å². The Morgan fingerprint density at radius 1 is 1.39 bits per heavy atom. The van der Waals surface area contributed by atoms with Crippen LogP contribution < -0.4 is 5.56 Å². The zero-order valence-electron chi connectivity index (χ0n) is 13.4. The molecule has 8 nitrogen and oxygen atoms in total. The number of hydrogen-bond acceptors (Lipinski definition) is 6. The Labute approximate surface area is 132 Å². The molecular formula is C15H19N5O3. The first-order chi connectivity index (χ1) is 10.8. The predicted octanol–water partition coefficient (Wildman–Crippen LogP) is 1.44. The second-order valence-electron chi connectivity index (χ2n) is 6.61. The molecule has 0 saturated carbocycles. The van der Waals surface area contributed by atoms with Gasteiger partial charge in [-0.3, -0.25) is 4.79 Å². The molecule has 2 aromatic heterocycles. The van der Waals surface area contributed by atoms with Gasteiger partial charge in [0.2, 0.25) is 0 Å². The topological polar surface area (TPSA) is 101 Å². The lowest BCUT2D eigenvalue weighted by atomic mass is 10.1. The van der Waals surface area contributed by atoms with Crippen molar-refractivity contribution in [1.29, 1.82) is 0 Å². The number of carbonyl (C=O) groups is 1. The number of likely N-dealkylation sites (tertiary alicyclic amines) is 1. The van der Waals surface area contributed by atoms with E-state index in [9.17, 15) is 9.59 Å². The summed E-state index contributed by atoms with van der Waals surface area (Å²) >= 11 is 0. The molecule has 1 fully saturated rings. The minimum Gasteiger partial charge on any atom is -0.444 e. The van der Waals surface area contributed by atoms with E-state index in [2.05, 4.69) is 19.9 Å². The molecule has 3 rings (SSSR count). The predicted molar refractivity (Wildman–Crippen MR) is 83.1 cm³/mol. The van der Waals surface area contributed by atoms with E-state index in [0.717, 1.165) is 6.42 Å². The Hall–Kier alpha value is -2.51. The maximum atomic E-state index is 12.1. The molecule has 0 aromatic carbocycles. The van der Waals surface area contributed by atoms with Gasteiger partial charge in [0.1, 0.15) is 16.9 Å². The van der Waals surface area contributed by atoms with Crippen LogP contribution in [-0.2, 0) is 4.74 Å². The minimum absolute atomic E-state index is 0.00785. The Morgan fingerprint density at radius 2 is 2.17 bits per heavy atom. The van der Waals surface area contributed by atoms with E-state index in [1.807, 2.05) is 20.8 Å². The number of hydrogen-bond donors (Lipinski definition) is 1. The second kappa shape index (κ2) is 5.60. The highest BCUT2D eigenvalue weighted by molar-refractivity contribution is 5.71. The third kappa shape index (κ3) is 3.30. The number of nitrogens with zero attached hydrogens (tertiary/aromatic N) is 4. The van der Waals surface area contributed by atoms with Crippen LogP contribution in [0.25, 0.3) is 11.0 Å². The SMILES string of the molecule is CC(C)(C)OC(=O)N1CCC(c2ncc3nc[nH]c(=O)c3n2)C1. The van der Waals surface area contributed by atoms with E-state index in [1.165, 1.54) is 6.33 Å². The molecule has 1 N–H and O–H groups in total. The van der Waals surface area contributed by atoms with Crippen LogP contribution in [0.3, 0.4) is 0 Å². The first-order valence-corrected chi connectivity index (χ1v) is 7.52. The number of aromatic amines is 1. The lowest BCUT2D eigenvalue weighted by Crippen LogP contribution is -2.35. The Kier molecular flexibility index (Phi) is 3.75. The van der Waals surface area contributed by atoms with Crippen molar-refractivity contribution in [3.63, 3.8) is 0 Å². The normalized spacial score (nSPS) is 18.4. The van der Waals surface area contributed by atoms with Crippen molar-refractivity contribution in [2.45, 2.75) is 38.7 Å². The van der Waals surface area contributed by atoms with Crippen molar-refractivity contribution in [2.75, 3.05) is 13.1 Å². The molecule has 8 heteroatoms. The number of H-pyrrole nitrogens is 1.